The molecule has 0 spiro atoms. The largest absolute Gasteiger partial charge is 0.300 e. The van der Waals surface area contributed by atoms with Crippen molar-refractivity contribution in [2.24, 2.45) is 5.92 Å². The molecule has 0 saturated heterocycles. The van der Waals surface area contributed by atoms with Crippen molar-refractivity contribution in [1.29, 1.82) is 0 Å². The van der Waals surface area contributed by atoms with Crippen LogP contribution < -0.4 is 4.90 Å². The molecule has 2 heterocycles. The summed E-state index contributed by atoms with van der Waals surface area (Å²) >= 11 is 0. The second-order valence-electron chi connectivity index (χ2n) is 9.37. The molecule has 0 aromatic heterocycles. The third-order valence-corrected chi connectivity index (χ3v) is 7.89. The van der Waals surface area contributed by atoms with E-state index in [9.17, 15) is 4.79 Å². The molecule has 4 aromatic carbocycles. The molecule has 0 saturated carbocycles. The van der Waals surface area contributed by atoms with Gasteiger partial charge in [0.05, 0.1) is 11.5 Å². The van der Waals surface area contributed by atoms with Gasteiger partial charge >= 0.3 is 0 Å². The van der Waals surface area contributed by atoms with Crippen LogP contribution in [0.25, 0.3) is 0 Å². The Morgan fingerprint density at radius 1 is 0.812 bits per heavy atom. The van der Waals surface area contributed by atoms with Crippen molar-refractivity contribution in [1.82, 2.24) is 0 Å². The van der Waals surface area contributed by atoms with Crippen molar-refractivity contribution in [2.45, 2.75) is 24.8 Å². The number of hydrogen-bond acceptors (Lipinski definition) is 1. The topological polar surface area (TPSA) is 20.3 Å². The average molecular weight is 414 g/mol. The van der Waals surface area contributed by atoms with Gasteiger partial charge in [0.1, 0.15) is 0 Å². The Morgan fingerprint density at radius 3 is 2.44 bits per heavy atom. The lowest BCUT2D eigenvalue weighted by atomic mass is 9.59. The average Bonchev–Trinajstić information content (AvgIpc) is 3.34. The first-order valence-corrected chi connectivity index (χ1v) is 11.4. The Morgan fingerprint density at radius 2 is 1.56 bits per heavy atom. The number of carbonyl (C=O) groups excluding carboxylic acids is 1. The monoisotopic (exact) mass is 413 g/mol. The molecule has 0 N–H and O–H groups in total. The molecule has 0 radical (unpaired) electrons. The zero-order chi connectivity index (χ0) is 21.4. The number of aryl methyl sites for hydroxylation is 1. The number of benzene rings is 4. The van der Waals surface area contributed by atoms with Crippen LogP contribution in [0.3, 0.4) is 0 Å². The van der Waals surface area contributed by atoms with Crippen molar-refractivity contribution in [3.05, 3.63) is 136 Å². The van der Waals surface area contributed by atoms with E-state index in [0.29, 0.717) is 0 Å². The summed E-state index contributed by atoms with van der Waals surface area (Å²) in [6.45, 7) is 2.15. The molecule has 2 heteroatoms. The first kappa shape index (κ1) is 18.0. The minimum Gasteiger partial charge on any atom is -0.300 e. The Kier molecular flexibility index (Phi) is 3.48. The highest BCUT2D eigenvalue weighted by Gasteiger charge is 2.60. The number of amides is 1. The van der Waals surface area contributed by atoms with Gasteiger partial charge in [-0.3, -0.25) is 4.79 Å². The summed E-state index contributed by atoms with van der Waals surface area (Å²) in [5.74, 6) is 0.373. The Labute approximate surface area is 188 Å². The molecule has 0 bridgehead atoms. The van der Waals surface area contributed by atoms with E-state index in [1.54, 1.807) is 0 Å². The lowest BCUT2D eigenvalue weighted by Crippen LogP contribution is -2.48. The van der Waals surface area contributed by atoms with Crippen LogP contribution >= 0.6 is 0 Å². The minimum absolute atomic E-state index is 0.0292. The number of nitrogens with zero attached hydrogens (tertiary/aromatic N) is 1. The Bertz CT molecular complexity index is 1410. The molecule has 7 rings (SSSR count). The summed E-state index contributed by atoms with van der Waals surface area (Å²) in [5, 5.41) is 0. The van der Waals surface area contributed by atoms with Crippen LogP contribution in [-0.2, 0) is 11.8 Å². The van der Waals surface area contributed by atoms with Crippen LogP contribution in [0.4, 0.5) is 5.69 Å². The second-order valence-corrected chi connectivity index (χ2v) is 9.37. The molecule has 0 unspecified atom stereocenters. The van der Waals surface area contributed by atoms with Crippen LogP contribution in [-0.4, -0.2) is 5.91 Å². The van der Waals surface area contributed by atoms with E-state index >= 15 is 0 Å². The molecule has 154 valence electrons. The fourth-order valence-corrected chi connectivity index (χ4v) is 6.77. The van der Waals surface area contributed by atoms with Crippen molar-refractivity contribution in [3.8, 4) is 0 Å². The maximum absolute atomic E-state index is 13.7. The Hall–Kier alpha value is -3.65. The SMILES string of the molecule is Cc1ccc2c(c1)[C@]1(c3ccccc3)c3ccccc3C[C@@H]1[C@@H]1c3ccccc3C(=O)N21. The predicted molar refractivity (Wildman–Crippen MR) is 127 cm³/mol. The van der Waals surface area contributed by atoms with Crippen molar-refractivity contribution >= 4 is 11.6 Å². The Balaban J connectivity index is 1.65. The maximum Gasteiger partial charge on any atom is 0.259 e. The van der Waals surface area contributed by atoms with E-state index in [4.69, 9.17) is 0 Å². The first-order valence-electron chi connectivity index (χ1n) is 11.4. The number of rotatable bonds is 1. The van der Waals surface area contributed by atoms with Gasteiger partial charge in [0.25, 0.3) is 5.91 Å². The van der Waals surface area contributed by atoms with Gasteiger partial charge in [0.2, 0.25) is 0 Å². The number of anilines is 1. The predicted octanol–water partition coefficient (Wildman–Crippen LogP) is 6.22. The van der Waals surface area contributed by atoms with E-state index in [0.717, 1.165) is 17.7 Å². The first-order chi connectivity index (χ1) is 15.7. The zero-order valence-electron chi connectivity index (χ0n) is 18.0. The fraction of sp³-hybridized carbons (Fsp3) is 0.167. The van der Waals surface area contributed by atoms with E-state index in [-0.39, 0.29) is 23.3 Å². The van der Waals surface area contributed by atoms with Gasteiger partial charge in [0, 0.05) is 17.2 Å². The quantitative estimate of drug-likeness (QED) is 0.363. The normalized spacial score (nSPS) is 24.4. The van der Waals surface area contributed by atoms with E-state index in [2.05, 4.69) is 96.8 Å². The van der Waals surface area contributed by atoms with Gasteiger partial charge < -0.3 is 4.90 Å². The molecule has 32 heavy (non-hydrogen) atoms. The number of fused-ring (bicyclic) bond motifs is 10. The van der Waals surface area contributed by atoms with Crippen LogP contribution in [0.2, 0.25) is 0 Å². The summed E-state index contributed by atoms with van der Waals surface area (Å²) in [5.41, 5.74) is 9.38. The lowest BCUT2D eigenvalue weighted by molar-refractivity contribution is 0.0977. The molecule has 2 aliphatic heterocycles. The van der Waals surface area contributed by atoms with Gasteiger partial charge in [-0.15, -0.1) is 0 Å². The van der Waals surface area contributed by atoms with Crippen molar-refractivity contribution in [2.75, 3.05) is 4.90 Å². The summed E-state index contributed by atoms with van der Waals surface area (Å²) in [6, 6.07) is 34.7. The highest BCUT2D eigenvalue weighted by molar-refractivity contribution is 6.12. The highest BCUT2D eigenvalue weighted by atomic mass is 16.2. The van der Waals surface area contributed by atoms with Crippen molar-refractivity contribution < 1.29 is 4.79 Å². The number of hydrogen-bond donors (Lipinski definition) is 0. The maximum atomic E-state index is 13.7. The smallest absolute Gasteiger partial charge is 0.259 e. The molecular weight excluding hydrogens is 390 g/mol. The van der Waals surface area contributed by atoms with Gasteiger partial charge in [-0.25, -0.2) is 0 Å². The second kappa shape index (κ2) is 6.20. The van der Waals surface area contributed by atoms with E-state index in [1.165, 1.54) is 33.4 Å². The molecule has 2 nitrogen and oxygen atoms in total. The summed E-state index contributed by atoms with van der Waals surface area (Å²) in [6.07, 6.45) is 0.960. The van der Waals surface area contributed by atoms with Crippen molar-refractivity contribution in [3.63, 3.8) is 0 Å². The van der Waals surface area contributed by atoms with E-state index in [1.807, 2.05) is 12.1 Å². The molecular formula is C30H23NO. The fourth-order valence-electron chi connectivity index (χ4n) is 6.77. The van der Waals surface area contributed by atoms with Gasteiger partial charge in [0.15, 0.2) is 0 Å². The molecule has 0 fully saturated rings. The molecule has 1 aliphatic carbocycles. The van der Waals surface area contributed by atoms with E-state index < -0.39 is 0 Å². The molecule has 3 atom stereocenters. The summed E-state index contributed by atoms with van der Waals surface area (Å²) in [4.78, 5) is 15.8. The zero-order valence-corrected chi connectivity index (χ0v) is 18.0. The van der Waals surface area contributed by atoms with Gasteiger partial charge in [-0.2, -0.15) is 0 Å². The van der Waals surface area contributed by atoms with Crippen LogP contribution in [0.15, 0.2) is 97.1 Å². The van der Waals surface area contributed by atoms with Crippen LogP contribution in [0.5, 0.6) is 0 Å². The molecule has 3 aliphatic rings. The molecule has 4 aromatic rings. The molecule has 1 amide bonds. The van der Waals surface area contributed by atoms with Gasteiger partial charge in [-0.1, -0.05) is 90.5 Å². The highest BCUT2D eigenvalue weighted by Crippen LogP contribution is 2.64. The summed E-state index contributed by atoms with van der Waals surface area (Å²) < 4.78 is 0. The van der Waals surface area contributed by atoms with Gasteiger partial charge in [-0.05, 0) is 53.3 Å². The third kappa shape index (κ3) is 2.03. The lowest BCUT2D eigenvalue weighted by Gasteiger charge is -2.49. The van der Waals surface area contributed by atoms with Crippen LogP contribution in [0, 0.1) is 12.8 Å². The number of carbonyl (C=O) groups is 1. The minimum atomic E-state index is -0.280. The summed E-state index contributed by atoms with van der Waals surface area (Å²) in [7, 11) is 0. The standard InChI is InChI=1S/C30H23NO/c1-19-15-16-27-25(17-19)30(21-10-3-2-4-11-21)24-14-8-5-9-20(24)18-26(30)28-22-12-6-7-13-23(22)29(32)31(27)28/h2-17,26,28H,18H2,1H3/t26-,28+,30+/m1/s1. The van der Waals surface area contributed by atoms with Crippen LogP contribution in [0.1, 0.15) is 49.8 Å². The third-order valence-electron chi connectivity index (χ3n) is 7.89.